The zero-order chi connectivity index (χ0) is 15.6. The first kappa shape index (κ1) is 14.6. The van der Waals surface area contributed by atoms with E-state index in [4.69, 9.17) is 14.2 Å². The molecule has 0 spiro atoms. The molecule has 1 aliphatic rings. The molecule has 2 unspecified atom stereocenters. The van der Waals surface area contributed by atoms with E-state index >= 15 is 0 Å². The van der Waals surface area contributed by atoms with Crippen LogP contribution in [0.1, 0.15) is 25.0 Å². The molecular formula is C18H18O4. The van der Waals surface area contributed by atoms with Gasteiger partial charge in [-0.05, 0) is 36.2 Å². The average Bonchev–Trinajstić information content (AvgIpc) is 3.32. The molecule has 0 bridgehead atoms. The van der Waals surface area contributed by atoms with Crippen molar-refractivity contribution in [3.05, 3.63) is 60.2 Å². The number of epoxide rings is 1. The van der Waals surface area contributed by atoms with Crippen LogP contribution in [-0.2, 0) is 9.53 Å². The minimum Gasteiger partial charge on any atom is -0.497 e. The van der Waals surface area contributed by atoms with Crippen molar-refractivity contribution in [1.82, 2.24) is 0 Å². The summed E-state index contributed by atoms with van der Waals surface area (Å²) in [5, 5.41) is 0. The first-order chi connectivity index (χ1) is 10.7. The first-order valence-corrected chi connectivity index (χ1v) is 7.28. The van der Waals surface area contributed by atoms with Crippen LogP contribution in [0.15, 0.2) is 54.6 Å². The molecule has 114 valence electrons. The van der Waals surface area contributed by atoms with Gasteiger partial charge in [0.05, 0.1) is 7.11 Å². The Hall–Kier alpha value is -2.33. The fourth-order valence-corrected chi connectivity index (χ4v) is 2.54. The van der Waals surface area contributed by atoms with Gasteiger partial charge in [-0.2, -0.15) is 0 Å². The van der Waals surface area contributed by atoms with Gasteiger partial charge in [-0.15, -0.1) is 0 Å². The number of ether oxygens (including phenoxy) is 3. The van der Waals surface area contributed by atoms with E-state index in [1.54, 1.807) is 19.2 Å². The Morgan fingerprint density at radius 2 is 1.77 bits per heavy atom. The topological polar surface area (TPSA) is 48.1 Å². The average molecular weight is 298 g/mol. The molecule has 1 saturated heterocycles. The van der Waals surface area contributed by atoms with Crippen molar-refractivity contribution in [2.24, 2.45) is 0 Å². The van der Waals surface area contributed by atoms with E-state index in [0.717, 1.165) is 11.3 Å². The third-order valence-electron chi connectivity index (χ3n) is 3.94. The highest BCUT2D eigenvalue weighted by molar-refractivity contribution is 5.85. The van der Waals surface area contributed by atoms with Crippen molar-refractivity contribution in [3.8, 4) is 11.5 Å². The van der Waals surface area contributed by atoms with Crippen LogP contribution in [0.5, 0.6) is 11.5 Å². The van der Waals surface area contributed by atoms with E-state index in [1.807, 2.05) is 49.4 Å². The largest absolute Gasteiger partial charge is 0.497 e. The summed E-state index contributed by atoms with van der Waals surface area (Å²) in [6.45, 7) is 1.93. The second-order valence-electron chi connectivity index (χ2n) is 5.22. The number of hydrogen-bond donors (Lipinski definition) is 0. The zero-order valence-corrected chi connectivity index (χ0v) is 12.6. The number of rotatable bonds is 5. The van der Waals surface area contributed by atoms with Crippen LogP contribution in [0, 0.1) is 0 Å². The number of para-hydroxylation sites is 1. The summed E-state index contributed by atoms with van der Waals surface area (Å²) in [6, 6.07) is 16.6. The van der Waals surface area contributed by atoms with Gasteiger partial charge in [-0.25, -0.2) is 4.79 Å². The highest BCUT2D eigenvalue weighted by Gasteiger charge is 2.63. The molecule has 0 amide bonds. The maximum Gasteiger partial charge on any atom is 0.346 e. The fourth-order valence-electron chi connectivity index (χ4n) is 2.54. The summed E-state index contributed by atoms with van der Waals surface area (Å²) in [7, 11) is 1.62. The Labute approximate surface area is 129 Å². The predicted octanol–water partition coefficient (Wildman–Crippen LogP) is 3.52. The van der Waals surface area contributed by atoms with Crippen molar-refractivity contribution in [3.63, 3.8) is 0 Å². The lowest BCUT2D eigenvalue weighted by atomic mass is 9.97. The fraction of sp³-hybridized carbons (Fsp3) is 0.278. The molecule has 1 heterocycles. The van der Waals surface area contributed by atoms with Gasteiger partial charge in [-0.3, -0.25) is 0 Å². The van der Waals surface area contributed by atoms with E-state index < -0.39 is 5.60 Å². The molecule has 0 aromatic heterocycles. The molecule has 3 rings (SSSR count). The van der Waals surface area contributed by atoms with Gasteiger partial charge >= 0.3 is 5.97 Å². The highest BCUT2D eigenvalue weighted by Crippen LogP contribution is 2.52. The SMILES string of the molecule is CCC1(C(=O)Oc2ccccc2)OC1c1ccc(OC)cc1. The zero-order valence-electron chi connectivity index (χ0n) is 12.6. The molecule has 2 aromatic carbocycles. The van der Waals surface area contributed by atoms with Crippen LogP contribution < -0.4 is 9.47 Å². The Balaban J connectivity index is 1.75. The van der Waals surface area contributed by atoms with Crippen LogP contribution in [0.4, 0.5) is 0 Å². The highest BCUT2D eigenvalue weighted by atomic mass is 16.7. The third-order valence-corrected chi connectivity index (χ3v) is 3.94. The monoisotopic (exact) mass is 298 g/mol. The molecule has 0 radical (unpaired) electrons. The number of methoxy groups -OCH3 is 1. The van der Waals surface area contributed by atoms with Crippen molar-refractivity contribution in [2.45, 2.75) is 25.0 Å². The minimum absolute atomic E-state index is 0.264. The summed E-state index contributed by atoms with van der Waals surface area (Å²) in [6.07, 6.45) is 0.301. The van der Waals surface area contributed by atoms with Gasteiger partial charge in [-0.1, -0.05) is 37.3 Å². The molecule has 4 heteroatoms. The number of carbonyl (C=O) groups is 1. The molecule has 22 heavy (non-hydrogen) atoms. The van der Waals surface area contributed by atoms with Gasteiger partial charge < -0.3 is 14.2 Å². The lowest BCUT2D eigenvalue weighted by molar-refractivity contribution is -0.140. The third kappa shape index (κ3) is 2.57. The molecular weight excluding hydrogens is 280 g/mol. The molecule has 0 N–H and O–H groups in total. The second-order valence-corrected chi connectivity index (χ2v) is 5.22. The van der Waals surface area contributed by atoms with Gasteiger partial charge in [0.2, 0.25) is 0 Å². The maximum atomic E-state index is 12.5. The molecule has 2 aromatic rings. The van der Waals surface area contributed by atoms with E-state index in [0.29, 0.717) is 12.2 Å². The van der Waals surface area contributed by atoms with E-state index in [-0.39, 0.29) is 12.1 Å². The van der Waals surface area contributed by atoms with Crippen molar-refractivity contribution < 1.29 is 19.0 Å². The smallest absolute Gasteiger partial charge is 0.346 e. The summed E-state index contributed by atoms with van der Waals surface area (Å²) in [4.78, 5) is 12.5. The lowest BCUT2D eigenvalue weighted by Crippen LogP contribution is -2.29. The normalized spacial score (nSPS) is 22.9. The Morgan fingerprint density at radius 3 is 2.36 bits per heavy atom. The number of benzene rings is 2. The van der Waals surface area contributed by atoms with Crippen LogP contribution in [0.2, 0.25) is 0 Å². The van der Waals surface area contributed by atoms with E-state index in [2.05, 4.69) is 0 Å². The molecule has 1 fully saturated rings. The van der Waals surface area contributed by atoms with Crippen LogP contribution in [0.25, 0.3) is 0 Å². The number of carbonyl (C=O) groups excluding carboxylic acids is 1. The molecule has 1 aliphatic heterocycles. The maximum absolute atomic E-state index is 12.5. The van der Waals surface area contributed by atoms with Gasteiger partial charge in [0, 0.05) is 0 Å². The Bertz CT molecular complexity index is 651. The minimum atomic E-state index is -0.884. The quantitative estimate of drug-likeness (QED) is 0.481. The summed E-state index contributed by atoms with van der Waals surface area (Å²) in [5.74, 6) is 0.963. The first-order valence-electron chi connectivity index (χ1n) is 7.28. The van der Waals surface area contributed by atoms with E-state index in [1.165, 1.54) is 0 Å². The summed E-state index contributed by atoms with van der Waals surface area (Å²) in [5.41, 5.74) is 0.0670. The molecule has 0 aliphatic carbocycles. The summed E-state index contributed by atoms with van der Waals surface area (Å²) < 4.78 is 16.3. The molecule has 2 atom stereocenters. The van der Waals surface area contributed by atoms with Gasteiger partial charge in [0.25, 0.3) is 0 Å². The number of hydrogen-bond acceptors (Lipinski definition) is 4. The number of esters is 1. The summed E-state index contributed by atoms with van der Waals surface area (Å²) >= 11 is 0. The van der Waals surface area contributed by atoms with Crippen molar-refractivity contribution >= 4 is 5.97 Å². The van der Waals surface area contributed by atoms with Gasteiger partial charge in [0.15, 0.2) is 5.60 Å². The van der Waals surface area contributed by atoms with Gasteiger partial charge in [0.1, 0.15) is 17.6 Å². The van der Waals surface area contributed by atoms with E-state index in [9.17, 15) is 4.79 Å². The molecule has 0 saturated carbocycles. The molecule has 4 nitrogen and oxygen atoms in total. The Morgan fingerprint density at radius 1 is 1.09 bits per heavy atom. The Kier molecular flexibility index (Phi) is 3.86. The van der Waals surface area contributed by atoms with Crippen LogP contribution >= 0.6 is 0 Å². The predicted molar refractivity (Wildman–Crippen MR) is 81.9 cm³/mol. The standard InChI is InChI=1S/C18H18O4/c1-3-18(17(19)21-15-7-5-4-6-8-15)16(22-18)13-9-11-14(20-2)12-10-13/h4-12,16H,3H2,1-2H3. The van der Waals surface area contributed by atoms with Crippen molar-refractivity contribution in [1.29, 1.82) is 0 Å². The lowest BCUT2D eigenvalue weighted by Gasteiger charge is -2.10. The van der Waals surface area contributed by atoms with Crippen LogP contribution in [0.3, 0.4) is 0 Å². The van der Waals surface area contributed by atoms with Crippen LogP contribution in [-0.4, -0.2) is 18.7 Å². The second kappa shape index (κ2) is 5.81. The van der Waals surface area contributed by atoms with Crippen molar-refractivity contribution in [2.75, 3.05) is 7.11 Å².